The first kappa shape index (κ1) is 14.1. The average Bonchev–Trinajstić information content (AvgIpc) is 2.88. The first-order valence-corrected chi connectivity index (χ1v) is 7.86. The number of anilines is 2. The Morgan fingerprint density at radius 1 is 1.33 bits per heavy atom. The number of amides is 1. The topological polar surface area (TPSA) is 61.4 Å². The predicted molar refractivity (Wildman–Crippen MR) is 82.5 cm³/mol. The molecule has 6 nitrogen and oxygen atoms in total. The van der Waals surface area contributed by atoms with Crippen molar-refractivity contribution in [3.63, 3.8) is 0 Å². The lowest BCUT2D eigenvalue weighted by atomic mass is 10.1. The molecule has 0 radical (unpaired) electrons. The summed E-state index contributed by atoms with van der Waals surface area (Å²) in [6, 6.07) is 0.355. The van der Waals surface area contributed by atoms with E-state index in [-0.39, 0.29) is 0 Å². The molecule has 2 fully saturated rings. The smallest absolute Gasteiger partial charge is 0.223 e. The molecule has 1 N–H and O–H groups in total. The maximum absolute atomic E-state index is 11.8. The third kappa shape index (κ3) is 2.54. The van der Waals surface area contributed by atoms with E-state index in [0.29, 0.717) is 18.4 Å². The number of piperazine rings is 1. The second-order valence-corrected chi connectivity index (χ2v) is 5.63. The van der Waals surface area contributed by atoms with Crippen LogP contribution in [0.3, 0.4) is 0 Å². The Bertz CT molecular complexity index is 533. The number of nitrogens with zero attached hydrogens (tertiary/aromatic N) is 4. The second-order valence-electron chi connectivity index (χ2n) is 5.63. The zero-order valence-corrected chi connectivity index (χ0v) is 12.8. The molecule has 1 aromatic heterocycles. The Balaban J connectivity index is 1.84. The standard InChI is InChI=1S/C15H23N5O/c1-3-12-14(16-4-2)17-10-18-15(12)19-7-8-20-11(9-19)5-6-13(20)21/h10-11H,3-9H2,1-2H3,(H,16,17,18). The van der Waals surface area contributed by atoms with Crippen molar-refractivity contribution < 1.29 is 4.79 Å². The number of rotatable bonds is 4. The number of aromatic nitrogens is 2. The highest BCUT2D eigenvalue weighted by atomic mass is 16.2. The molecule has 2 aliphatic rings. The molecule has 3 rings (SSSR count). The maximum Gasteiger partial charge on any atom is 0.223 e. The fraction of sp³-hybridized carbons (Fsp3) is 0.667. The molecule has 0 aromatic carbocycles. The SMILES string of the molecule is CCNc1ncnc(N2CCN3C(=O)CCC3C2)c1CC. The minimum Gasteiger partial charge on any atom is -0.370 e. The summed E-state index contributed by atoms with van der Waals surface area (Å²) in [6.45, 7) is 7.63. The van der Waals surface area contributed by atoms with E-state index in [1.54, 1.807) is 6.33 Å². The van der Waals surface area contributed by atoms with Crippen LogP contribution in [0.5, 0.6) is 0 Å². The van der Waals surface area contributed by atoms with E-state index in [1.165, 1.54) is 5.56 Å². The molecule has 0 aliphatic carbocycles. The monoisotopic (exact) mass is 289 g/mol. The summed E-state index contributed by atoms with van der Waals surface area (Å²) in [5.41, 5.74) is 1.18. The summed E-state index contributed by atoms with van der Waals surface area (Å²) in [5.74, 6) is 2.28. The van der Waals surface area contributed by atoms with Crippen molar-refractivity contribution >= 4 is 17.5 Å². The molecule has 6 heteroatoms. The molecule has 114 valence electrons. The highest BCUT2D eigenvalue weighted by molar-refractivity contribution is 5.79. The Labute approximate surface area is 125 Å². The van der Waals surface area contributed by atoms with Crippen molar-refractivity contribution in [2.75, 3.05) is 36.4 Å². The van der Waals surface area contributed by atoms with Crippen LogP contribution in [-0.2, 0) is 11.2 Å². The molecule has 0 bridgehead atoms. The Kier molecular flexibility index (Phi) is 3.94. The molecule has 1 aromatic rings. The van der Waals surface area contributed by atoms with Gasteiger partial charge in [0.2, 0.25) is 5.91 Å². The van der Waals surface area contributed by atoms with Gasteiger partial charge in [0.25, 0.3) is 0 Å². The predicted octanol–water partition coefficient (Wildman–Crippen LogP) is 1.28. The Morgan fingerprint density at radius 3 is 2.95 bits per heavy atom. The van der Waals surface area contributed by atoms with Crippen molar-refractivity contribution in [3.8, 4) is 0 Å². The molecule has 1 atom stereocenters. The fourth-order valence-corrected chi connectivity index (χ4v) is 3.38. The summed E-state index contributed by atoms with van der Waals surface area (Å²) >= 11 is 0. The van der Waals surface area contributed by atoms with Crippen molar-refractivity contribution in [1.29, 1.82) is 0 Å². The first-order valence-electron chi connectivity index (χ1n) is 7.86. The van der Waals surface area contributed by atoms with Crippen LogP contribution in [0.2, 0.25) is 0 Å². The molecule has 21 heavy (non-hydrogen) atoms. The molecule has 2 aliphatic heterocycles. The van der Waals surface area contributed by atoms with Crippen molar-refractivity contribution in [1.82, 2.24) is 14.9 Å². The van der Waals surface area contributed by atoms with Crippen molar-refractivity contribution in [2.45, 2.75) is 39.2 Å². The fourth-order valence-electron chi connectivity index (χ4n) is 3.38. The third-order valence-corrected chi connectivity index (χ3v) is 4.41. The van der Waals surface area contributed by atoms with Gasteiger partial charge in [0.05, 0.1) is 0 Å². The molecule has 2 saturated heterocycles. The van der Waals surface area contributed by atoms with Gasteiger partial charge in [-0.05, 0) is 19.8 Å². The largest absolute Gasteiger partial charge is 0.370 e. The van der Waals surface area contributed by atoms with Crippen LogP contribution in [0, 0.1) is 0 Å². The van der Waals surface area contributed by atoms with Gasteiger partial charge < -0.3 is 15.1 Å². The lowest BCUT2D eigenvalue weighted by molar-refractivity contribution is -0.129. The number of carbonyl (C=O) groups is 1. The number of fused-ring (bicyclic) bond motifs is 1. The minimum absolute atomic E-state index is 0.311. The van der Waals surface area contributed by atoms with E-state index in [4.69, 9.17) is 0 Å². The zero-order chi connectivity index (χ0) is 14.8. The summed E-state index contributed by atoms with van der Waals surface area (Å²) in [4.78, 5) is 25.0. The van der Waals surface area contributed by atoms with Crippen LogP contribution in [0.1, 0.15) is 32.3 Å². The summed E-state index contributed by atoms with van der Waals surface area (Å²) < 4.78 is 0. The summed E-state index contributed by atoms with van der Waals surface area (Å²) in [5, 5.41) is 3.32. The van der Waals surface area contributed by atoms with Gasteiger partial charge in [0.15, 0.2) is 0 Å². The summed E-state index contributed by atoms with van der Waals surface area (Å²) in [7, 11) is 0. The highest BCUT2D eigenvalue weighted by Gasteiger charge is 2.36. The molecular formula is C15H23N5O. The van der Waals surface area contributed by atoms with Gasteiger partial charge >= 0.3 is 0 Å². The van der Waals surface area contributed by atoms with E-state index >= 15 is 0 Å². The molecule has 1 amide bonds. The first-order chi connectivity index (χ1) is 10.2. The van der Waals surface area contributed by atoms with Gasteiger partial charge in [-0.2, -0.15) is 0 Å². The van der Waals surface area contributed by atoms with Gasteiger partial charge in [-0.1, -0.05) is 6.92 Å². The maximum atomic E-state index is 11.8. The number of carbonyl (C=O) groups excluding carboxylic acids is 1. The minimum atomic E-state index is 0.311. The van der Waals surface area contributed by atoms with Gasteiger partial charge in [0.1, 0.15) is 18.0 Å². The lowest BCUT2D eigenvalue weighted by Crippen LogP contribution is -2.52. The Hall–Kier alpha value is -1.85. The molecule has 3 heterocycles. The average molecular weight is 289 g/mol. The summed E-state index contributed by atoms with van der Waals surface area (Å²) in [6.07, 6.45) is 4.22. The van der Waals surface area contributed by atoms with Crippen LogP contribution in [0.25, 0.3) is 0 Å². The van der Waals surface area contributed by atoms with Crippen LogP contribution in [0.4, 0.5) is 11.6 Å². The van der Waals surface area contributed by atoms with Gasteiger partial charge in [-0.15, -0.1) is 0 Å². The van der Waals surface area contributed by atoms with Crippen LogP contribution < -0.4 is 10.2 Å². The molecular weight excluding hydrogens is 266 g/mol. The van der Waals surface area contributed by atoms with Crippen molar-refractivity contribution in [3.05, 3.63) is 11.9 Å². The van der Waals surface area contributed by atoms with Gasteiger partial charge in [-0.25, -0.2) is 9.97 Å². The van der Waals surface area contributed by atoms with E-state index in [0.717, 1.165) is 50.7 Å². The van der Waals surface area contributed by atoms with Crippen LogP contribution in [-0.4, -0.2) is 53.0 Å². The zero-order valence-electron chi connectivity index (χ0n) is 12.8. The third-order valence-electron chi connectivity index (χ3n) is 4.41. The number of hydrogen-bond acceptors (Lipinski definition) is 5. The van der Waals surface area contributed by atoms with E-state index < -0.39 is 0 Å². The van der Waals surface area contributed by atoms with Gasteiger partial charge in [0, 0.05) is 44.2 Å². The molecule has 0 saturated carbocycles. The molecule has 1 unspecified atom stereocenters. The number of nitrogens with one attached hydrogen (secondary N) is 1. The van der Waals surface area contributed by atoms with Gasteiger partial charge in [-0.3, -0.25) is 4.79 Å². The van der Waals surface area contributed by atoms with E-state index in [1.807, 2.05) is 4.90 Å². The van der Waals surface area contributed by atoms with E-state index in [2.05, 4.69) is 34.0 Å². The van der Waals surface area contributed by atoms with E-state index in [9.17, 15) is 4.79 Å². The van der Waals surface area contributed by atoms with Crippen LogP contribution in [0.15, 0.2) is 6.33 Å². The highest BCUT2D eigenvalue weighted by Crippen LogP contribution is 2.29. The van der Waals surface area contributed by atoms with Crippen LogP contribution >= 0.6 is 0 Å². The normalized spacial score (nSPS) is 21.6. The van der Waals surface area contributed by atoms with Crippen molar-refractivity contribution in [2.24, 2.45) is 0 Å². The number of hydrogen-bond donors (Lipinski definition) is 1. The lowest BCUT2D eigenvalue weighted by Gasteiger charge is -2.39. The Morgan fingerprint density at radius 2 is 2.19 bits per heavy atom. The molecule has 0 spiro atoms. The second kappa shape index (κ2) is 5.87. The quantitative estimate of drug-likeness (QED) is 0.905.